The van der Waals surface area contributed by atoms with E-state index >= 15 is 0 Å². The van der Waals surface area contributed by atoms with Crippen LogP contribution in [-0.2, 0) is 6.54 Å². The lowest BCUT2D eigenvalue weighted by atomic mass is 10.1. The topological polar surface area (TPSA) is 29.9 Å². The van der Waals surface area contributed by atoms with Crippen molar-refractivity contribution in [2.24, 2.45) is 5.92 Å². The molecule has 0 radical (unpaired) electrons. The van der Waals surface area contributed by atoms with Crippen LogP contribution in [0.2, 0.25) is 0 Å². The summed E-state index contributed by atoms with van der Waals surface area (Å²) in [5.74, 6) is 0.995. The summed E-state index contributed by atoms with van der Waals surface area (Å²) in [6.07, 6.45) is 8.64. The molecule has 1 unspecified atom stereocenters. The average molecular weight is 249 g/mol. The molecule has 1 aromatic rings. The van der Waals surface area contributed by atoms with Gasteiger partial charge >= 0.3 is 0 Å². The van der Waals surface area contributed by atoms with Crippen LogP contribution in [-0.4, -0.2) is 15.8 Å². The normalized spacial score (nSPS) is 17.3. The maximum Gasteiger partial charge on any atom is 0.0762 e. The molecule has 0 aromatic carbocycles. The second-order valence-corrected chi connectivity index (χ2v) is 5.72. The standard InChI is InChI=1S/C15H27N3/c1-4-15(5-2)18-9-8-14(17-18)11-16-12(3)10-13-6-7-13/h8-9,12-13,15-16H,4-7,10-11H2,1-3H3. The molecule has 1 fully saturated rings. The number of hydrogen-bond donors (Lipinski definition) is 1. The first kappa shape index (κ1) is 13.6. The van der Waals surface area contributed by atoms with Crippen LogP contribution in [0.3, 0.4) is 0 Å². The maximum absolute atomic E-state index is 4.67. The van der Waals surface area contributed by atoms with Gasteiger partial charge in [-0.1, -0.05) is 26.7 Å². The Balaban J connectivity index is 1.78. The Morgan fingerprint density at radius 3 is 2.72 bits per heavy atom. The lowest BCUT2D eigenvalue weighted by Gasteiger charge is -2.13. The molecule has 2 rings (SSSR count). The van der Waals surface area contributed by atoms with E-state index in [1.165, 1.54) is 25.0 Å². The fourth-order valence-electron chi connectivity index (χ4n) is 2.55. The first-order chi connectivity index (χ1) is 8.72. The Bertz CT molecular complexity index is 350. The molecule has 3 heteroatoms. The maximum atomic E-state index is 4.67. The highest BCUT2D eigenvalue weighted by Crippen LogP contribution is 2.33. The fraction of sp³-hybridized carbons (Fsp3) is 0.800. The van der Waals surface area contributed by atoms with Crippen molar-refractivity contribution >= 4 is 0 Å². The van der Waals surface area contributed by atoms with E-state index in [2.05, 4.69) is 48.1 Å². The van der Waals surface area contributed by atoms with Crippen LogP contribution in [0.1, 0.15) is 64.6 Å². The van der Waals surface area contributed by atoms with Crippen LogP contribution in [0, 0.1) is 5.92 Å². The summed E-state index contributed by atoms with van der Waals surface area (Å²) in [4.78, 5) is 0. The van der Waals surface area contributed by atoms with E-state index in [1.54, 1.807) is 0 Å². The van der Waals surface area contributed by atoms with E-state index in [1.807, 2.05) is 0 Å². The first-order valence-electron chi connectivity index (χ1n) is 7.50. The Labute approximate surface area is 111 Å². The number of nitrogens with zero attached hydrogens (tertiary/aromatic N) is 2. The lowest BCUT2D eigenvalue weighted by Crippen LogP contribution is -2.26. The van der Waals surface area contributed by atoms with Crippen molar-refractivity contribution in [2.75, 3.05) is 0 Å². The summed E-state index contributed by atoms with van der Waals surface area (Å²) < 4.78 is 2.13. The number of hydrogen-bond acceptors (Lipinski definition) is 2. The molecule has 0 aliphatic heterocycles. The van der Waals surface area contributed by atoms with E-state index in [0.717, 1.165) is 25.3 Å². The molecule has 1 aliphatic rings. The van der Waals surface area contributed by atoms with E-state index in [4.69, 9.17) is 0 Å². The van der Waals surface area contributed by atoms with Gasteiger partial charge < -0.3 is 5.32 Å². The largest absolute Gasteiger partial charge is 0.309 e. The van der Waals surface area contributed by atoms with Crippen molar-refractivity contribution in [3.05, 3.63) is 18.0 Å². The van der Waals surface area contributed by atoms with Crippen LogP contribution in [0.4, 0.5) is 0 Å². The third-order valence-corrected chi connectivity index (χ3v) is 4.00. The molecule has 1 aliphatic carbocycles. The van der Waals surface area contributed by atoms with Gasteiger partial charge in [-0.25, -0.2) is 0 Å². The average Bonchev–Trinajstić information content (AvgIpc) is 3.05. The van der Waals surface area contributed by atoms with Gasteiger partial charge in [0.1, 0.15) is 0 Å². The molecule has 1 saturated carbocycles. The molecule has 1 heterocycles. The molecule has 0 saturated heterocycles. The van der Waals surface area contributed by atoms with Crippen LogP contribution in [0.15, 0.2) is 12.3 Å². The van der Waals surface area contributed by atoms with E-state index in [-0.39, 0.29) is 0 Å². The van der Waals surface area contributed by atoms with Crippen LogP contribution in [0.25, 0.3) is 0 Å². The highest BCUT2D eigenvalue weighted by molar-refractivity contribution is 4.99. The molecule has 0 spiro atoms. The summed E-state index contributed by atoms with van der Waals surface area (Å²) in [5.41, 5.74) is 1.17. The third-order valence-electron chi connectivity index (χ3n) is 4.00. The summed E-state index contributed by atoms with van der Waals surface area (Å²) in [6.45, 7) is 7.65. The second kappa shape index (κ2) is 6.37. The summed E-state index contributed by atoms with van der Waals surface area (Å²) in [6, 6.07) is 3.33. The SMILES string of the molecule is CCC(CC)n1ccc(CNC(C)CC2CC2)n1. The summed E-state index contributed by atoms with van der Waals surface area (Å²) in [5, 5.41) is 8.26. The highest BCUT2D eigenvalue weighted by Gasteiger charge is 2.23. The van der Waals surface area contributed by atoms with E-state index in [0.29, 0.717) is 12.1 Å². The van der Waals surface area contributed by atoms with Crippen molar-refractivity contribution in [2.45, 2.75) is 71.5 Å². The first-order valence-corrected chi connectivity index (χ1v) is 7.50. The predicted molar refractivity (Wildman–Crippen MR) is 75.5 cm³/mol. The van der Waals surface area contributed by atoms with Crippen molar-refractivity contribution < 1.29 is 0 Å². The van der Waals surface area contributed by atoms with E-state index < -0.39 is 0 Å². The molecular formula is C15H27N3. The molecule has 18 heavy (non-hydrogen) atoms. The van der Waals surface area contributed by atoms with Gasteiger partial charge in [-0.15, -0.1) is 0 Å². The Morgan fingerprint density at radius 2 is 2.11 bits per heavy atom. The van der Waals surface area contributed by atoms with Gasteiger partial charge in [0.15, 0.2) is 0 Å². The zero-order valence-electron chi connectivity index (χ0n) is 12.0. The van der Waals surface area contributed by atoms with Gasteiger partial charge in [0.05, 0.1) is 11.7 Å². The molecule has 1 atom stereocenters. The predicted octanol–water partition coefficient (Wildman–Crippen LogP) is 3.52. The zero-order valence-corrected chi connectivity index (χ0v) is 12.0. The van der Waals surface area contributed by atoms with Gasteiger partial charge in [-0.3, -0.25) is 4.68 Å². The quantitative estimate of drug-likeness (QED) is 0.764. The monoisotopic (exact) mass is 249 g/mol. The summed E-state index contributed by atoms with van der Waals surface area (Å²) in [7, 11) is 0. The minimum atomic E-state index is 0.558. The Kier molecular flexibility index (Phi) is 4.81. The molecule has 1 aromatic heterocycles. The molecule has 3 nitrogen and oxygen atoms in total. The van der Waals surface area contributed by atoms with Crippen LogP contribution < -0.4 is 5.32 Å². The zero-order chi connectivity index (χ0) is 13.0. The van der Waals surface area contributed by atoms with Crippen molar-refractivity contribution in [1.29, 1.82) is 0 Å². The lowest BCUT2D eigenvalue weighted by molar-refractivity contribution is 0.420. The second-order valence-electron chi connectivity index (χ2n) is 5.72. The van der Waals surface area contributed by atoms with Gasteiger partial charge in [0.25, 0.3) is 0 Å². The van der Waals surface area contributed by atoms with Gasteiger partial charge in [-0.05, 0) is 38.2 Å². The molecule has 0 amide bonds. The smallest absolute Gasteiger partial charge is 0.0762 e. The van der Waals surface area contributed by atoms with Gasteiger partial charge in [0, 0.05) is 18.8 Å². The highest BCUT2D eigenvalue weighted by atomic mass is 15.3. The third kappa shape index (κ3) is 3.84. The fourth-order valence-corrected chi connectivity index (χ4v) is 2.55. The Morgan fingerprint density at radius 1 is 1.39 bits per heavy atom. The van der Waals surface area contributed by atoms with Crippen molar-refractivity contribution in [3.8, 4) is 0 Å². The molecule has 1 N–H and O–H groups in total. The minimum absolute atomic E-state index is 0.558. The summed E-state index contributed by atoms with van der Waals surface area (Å²) >= 11 is 0. The van der Waals surface area contributed by atoms with Crippen LogP contribution in [0.5, 0.6) is 0 Å². The number of rotatable bonds is 8. The van der Waals surface area contributed by atoms with Crippen molar-refractivity contribution in [1.82, 2.24) is 15.1 Å². The molecule has 0 bridgehead atoms. The molecule has 102 valence electrons. The number of aromatic nitrogens is 2. The molecular weight excluding hydrogens is 222 g/mol. The number of nitrogens with one attached hydrogen (secondary N) is 1. The van der Waals surface area contributed by atoms with Gasteiger partial charge in [-0.2, -0.15) is 5.10 Å². The minimum Gasteiger partial charge on any atom is -0.309 e. The Hall–Kier alpha value is -0.830. The van der Waals surface area contributed by atoms with Crippen molar-refractivity contribution in [3.63, 3.8) is 0 Å². The van der Waals surface area contributed by atoms with E-state index in [9.17, 15) is 0 Å². The van der Waals surface area contributed by atoms with Gasteiger partial charge in [0.2, 0.25) is 0 Å². The van der Waals surface area contributed by atoms with Crippen LogP contribution >= 0.6 is 0 Å².